The van der Waals surface area contributed by atoms with Gasteiger partial charge in [-0.2, -0.15) is 0 Å². The lowest BCUT2D eigenvalue weighted by atomic mass is 10.2. The van der Waals surface area contributed by atoms with E-state index in [4.69, 9.17) is 15.1 Å². The van der Waals surface area contributed by atoms with E-state index in [1.807, 2.05) is 41.0 Å². The molecule has 3 aromatic heterocycles. The molecule has 4 rings (SSSR count). The number of nitrogens with one attached hydrogen (secondary N) is 2. The van der Waals surface area contributed by atoms with Gasteiger partial charge in [-0.3, -0.25) is 5.41 Å². The van der Waals surface area contributed by atoms with Crippen molar-refractivity contribution in [3.63, 3.8) is 0 Å². The van der Waals surface area contributed by atoms with Crippen molar-refractivity contribution in [3.8, 4) is 17.3 Å². The van der Waals surface area contributed by atoms with E-state index in [2.05, 4.69) is 37.5 Å². The first-order valence-electron chi connectivity index (χ1n) is 7.90. The molecule has 0 saturated heterocycles. The third kappa shape index (κ3) is 2.96. The van der Waals surface area contributed by atoms with Gasteiger partial charge in [-0.05, 0) is 28.7 Å². The van der Waals surface area contributed by atoms with Gasteiger partial charge in [-0.15, -0.1) is 0 Å². The van der Waals surface area contributed by atoms with Crippen LogP contribution in [0.3, 0.4) is 0 Å². The number of hydrogen-bond donors (Lipinski definition) is 2. The van der Waals surface area contributed by atoms with E-state index in [0.29, 0.717) is 29.4 Å². The molecule has 0 unspecified atom stereocenters. The molecule has 0 aliphatic rings. The Bertz CT molecular complexity index is 1140. The molecule has 2 N–H and O–H groups in total. The minimum Gasteiger partial charge on any atom is -0.481 e. The Morgan fingerprint density at radius 1 is 1.19 bits per heavy atom. The average molecular weight is 458 g/mol. The standard InChI is InChI=1S/C18H15IN6O/c1-26-18-12(13(19)7-8-21-18)9-25-10-22-15(20)14-17(25)24-16(23-14)11-5-3-2-4-6-11/h2-8,10,20H,9H2,1H3,(H,23,24). The molecule has 26 heavy (non-hydrogen) atoms. The van der Waals surface area contributed by atoms with Gasteiger partial charge in [0.2, 0.25) is 5.88 Å². The van der Waals surface area contributed by atoms with E-state index in [1.54, 1.807) is 19.6 Å². The number of hydrogen-bond acceptors (Lipinski definition) is 5. The number of ether oxygens (including phenoxy) is 1. The second-order valence-electron chi connectivity index (χ2n) is 5.65. The van der Waals surface area contributed by atoms with Crippen LogP contribution in [0, 0.1) is 8.98 Å². The maximum Gasteiger partial charge on any atom is 0.219 e. The highest BCUT2D eigenvalue weighted by Crippen LogP contribution is 2.24. The fourth-order valence-corrected chi connectivity index (χ4v) is 3.33. The molecule has 0 fully saturated rings. The Balaban J connectivity index is 1.86. The second kappa shape index (κ2) is 6.87. The van der Waals surface area contributed by atoms with Crippen molar-refractivity contribution in [1.29, 1.82) is 5.41 Å². The summed E-state index contributed by atoms with van der Waals surface area (Å²) in [7, 11) is 1.61. The topological polar surface area (TPSA) is 92.5 Å². The van der Waals surface area contributed by atoms with Crippen molar-refractivity contribution in [3.05, 3.63) is 63.5 Å². The van der Waals surface area contributed by atoms with E-state index in [9.17, 15) is 0 Å². The largest absolute Gasteiger partial charge is 0.481 e. The first-order chi connectivity index (χ1) is 12.7. The van der Waals surface area contributed by atoms with Crippen LogP contribution >= 0.6 is 22.6 Å². The van der Waals surface area contributed by atoms with E-state index < -0.39 is 0 Å². The summed E-state index contributed by atoms with van der Waals surface area (Å²) in [5.41, 5.74) is 3.35. The van der Waals surface area contributed by atoms with Crippen LogP contribution in [0.2, 0.25) is 0 Å². The second-order valence-corrected chi connectivity index (χ2v) is 6.81. The summed E-state index contributed by atoms with van der Waals surface area (Å²) < 4.78 is 8.34. The summed E-state index contributed by atoms with van der Waals surface area (Å²) in [6, 6.07) is 11.8. The van der Waals surface area contributed by atoms with Gasteiger partial charge in [0.25, 0.3) is 0 Å². The molecule has 1 aromatic carbocycles. The van der Waals surface area contributed by atoms with Gasteiger partial charge in [-0.1, -0.05) is 30.3 Å². The molecule has 0 saturated carbocycles. The van der Waals surface area contributed by atoms with Crippen LogP contribution in [0.25, 0.3) is 22.6 Å². The summed E-state index contributed by atoms with van der Waals surface area (Å²) in [5, 5.41) is 8.10. The predicted molar refractivity (Wildman–Crippen MR) is 106 cm³/mol. The number of methoxy groups -OCH3 is 1. The number of fused-ring (bicyclic) bond motifs is 1. The smallest absolute Gasteiger partial charge is 0.219 e. The zero-order valence-corrected chi connectivity index (χ0v) is 16.1. The van der Waals surface area contributed by atoms with E-state index in [-0.39, 0.29) is 5.49 Å². The van der Waals surface area contributed by atoms with Crippen LogP contribution in [0.1, 0.15) is 5.56 Å². The van der Waals surface area contributed by atoms with Crippen LogP contribution in [-0.2, 0) is 6.54 Å². The molecule has 0 aliphatic heterocycles. The van der Waals surface area contributed by atoms with Crippen molar-refractivity contribution in [2.75, 3.05) is 7.11 Å². The molecule has 0 spiro atoms. The molecule has 7 nitrogen and oxygen atoms in total. The number of nitrogens with zero attached hydrogens (tertiary/aromatic N) is 4. The third-order valence-electron chi connectivity index (χ3n) is 4.05. The van der Waals surface area contributed by atoms with Crippen LogP contribution in [-0.4, -0.2) is 31.6 Å². The Labute approximate surface area is 162 Å². The molecule has 8 heteroatoms. The number of pyridine rings is 1. The van der Waals surface area contributed by atoms with E-state index >= 15 is 0 Å². The van der Waals surface area contributed by atoms with Gasteiger partial charge >= 0.3 is 0 Å². The lowest BCUT2D eigenvalue weighted by Gasteiger charge is -2.11. The Hall–Kier alpha value is -2.75. The van der Waals surface area contributed by atoms with E-state index in [1.165, 1.54) is 0 Å². The summed E-state index contributed by atoms with van der Waals surface area (Å²) in [6.07, 6.45) is 3.35. The average Bonchev–Trinajstić information content (AvgIpc) is 3.12. The Morgan fingerprint density at radius 3 is 2.77 bits per heavy atom. The highest BCUT2D eigenvalue weighted by molar-refractivity contribution is 14.1. The van der Waals surface area contributed by atoms with Crippen molar-refractivity contribution in [1.82, 2.24) is 24.5 Å². The molecule has 0 bridgehead atoms. The minimum absolute atomic E-state index is 0.166. The predicted octanol–water partition coefficient (Wildman–Crippen LogP) is 2.96. The fourth-order valence-electron chi connectivity index (χ4n) is 2.77. The van der Waals surface area contributed by atoms with Crippen molar-refractivity contribution < 1.29 is 4.74 Å². The van der Waals surface area contributed by atoms with Gasteiger partial charge < -0.3 is 14.3 Å². The van der Waals surface area contributed by atoms with Crippen molar-refractivity contribution >= 4 is 33.8 Å². The molecule has 3 heterocycles. The van der Waals surface area contributed by atoms with Crippen LogP contribution in [0.15, 0.2) is 48.9 Å². The van der Waals surface area contributed by atoms with Gasteiger partial charge in [0.05, 0.1) is 20.0 Å². The molecular formula is C18H15IN6O. The van der Waals surface area contributed by atoms with Crippen molar-refractivity contribution in [2.24, 2.45) is 0 Å². The molecule has 130 valence electrons. The normalized spacial score (nSPS) is 11.0. The van der Waals surface area contributed by atoms with Gasteiger partial charge in [0.1, 0.15) is 11.3 Å². The monoisotopic (exact) mass is 458 g/mol. The Kier molecular flexibility index (Phi) is 4.41. The molecule has 4 aromatic rings. The van der Waals surface area contributed by atoms with Gasteiger partial charge in [0, 0.05) is 20.9 Å². The zero-order valence-electron chi connectivity index (χ0n) is 13.9. The van der Waals surface area contributed by atoms with Crippen LogP contribution in [0.5, 0.6) is 5.88 Å². The number of aromatic nitrogens is 5. The highest BCUT2D eigenvalue weighted by atomic mass is 127. The first-order valence-corrected chi connectivity index (χ1v) is 8.98. The molecule has 0 atom stereocenters. The quantitative estimate of drug-likeness (QED) is 0.460. The van der Waals surface area contributed by atoms with Gasteiger partial charge in [-0.25, -0.2) is 15.0 Å². The molecular weight excluding hydrogens is 443 g/mol. The zero-order chi connectivity index (χ0) is 18.1. The number of H-pyrrole nitrogens is 1. The lowest BCUT2D eigenvalue weighted by molar-refractivity contribution is 0.390. The van der Waals surface area contributed by atoms with Crippen LogP contribution in [0.4, 0.5) is 0 Å². The first kappa shape index (κ1) is 16.7. The number of halogens is 1. The summed E-state index contributed by atoms with van der Waals surface area (Å²) in [6.45, 7) is 0.498. The number of imidazole rings is 1. The highest BCUT2D eigenvalue weighted by Gasteiger charge is 2.14. The fraction of sp³-hybridized carbons (Fsp3) is 0.111. The summed E-state index contributed by atoms with van der Waals surface area (Å²) in [5.74, 6) is 1.29. The third-order valence-corrected chi connectivity index (χ3v) is 5.06. The number of aromatic amines is 1. The lowest BCUT2D eigenvalue weighted by Crippen LogP contribution is -2.14. The van der Waals surface area contributed by atoms with Crippen molar-refractivity contribution in [2.45, 2.75) is 6.54 Å². The van der Waals surface area contributed by atoms with Gasteiger partial charge in [0.15, 0.2) is 11.1 Å². The SMILES string of the molecule is COc1nccc(I)c1Cn1cnc(=N)c2[nH]c(-c3ccccc3)nc21. The summed E-state index contributed by atoms with van der Waals surface area (Å²) in [4.78, 5) is 16.4. The number of benzene rings is 1. The molecule has 0 amide bonds. The Morgan fingerprint density at radius 2 is 2.00 bits per heavy atom. The van der Waals surface area contributed by atoms with E-state index in [0.717, 1.165) is 14.7 Å². The number of rotatable bonds is 4. The van der Waals surface area contributed by atoms with Crippen LogP contribution < -0.4 is 10.2 Å². The summed E-state index contributed by atoms with van der Waals surface area (Å²) >= 11 is 2.26. The maximum absolute atomic E-state index is 8.10. The molecule has 0 radical (unpaired) electrons. The maximum atomic E-state index is 8.10. The minimum atomic E-state index is 0.166. The molecule has 0 aliphatic carbocycles.